The van der Waals surface area contributed by atoms with Crippen LogP contribution in [0.2, 0.25) is 0 Å². The summed E-state index contributed by atoms with van der Waals surface area (Å²) in [5.41, 5.74) is 14.8. The fourth-order valence-corrected chi connectivity index (χ4v) is 3.28. The van der Waals surface area contributed by atoms with Crippen molar-refractivity contribution in [2.24, 2.45) is 16.5 Å². The molecule has 2 aromatic carbocycles. The zero-order chi connectivity index (χ0) is 21.5. The molecule has 2 amide bonds. The molecule has 0 saturated heterocycles. The molecule has 0 spiro atoms. The average Bonchev–Trinajstić information content (AvgIpc) is 2.92. The zero-order valence-corrected chi connectivity index (χ0v) is 17.1. The molecule has 1 heterocycles. The lowest BCUT2D eigenvalue weighted by Gasteiger charge is -2.22. The highest BCUT2D eigenvalue weighted by molar-refractivity contribution is 6.07. The third-order valence-electron chi connectivity index (χ3n) is 4.87. The molecular formula is C23H27N5O2. The van der Waals surface area contributed by atoms with Crippen molar-refractivity contribution in [1.29, 1.82) is 0 Å². The number of anilines is 1. The van der Waals surface area contributed by atoms with Gasteiger partial charge in [-0.3, -0.25) is 9.59 Å². The van der Waals surface area contributed by atoms with Crippen molar-refractivity contribution >= 4 is 35.1 Å². The molecule has 0 saturated carbocycles. The molecule has 0 aliphatic carbocycles. The molecule has 3 rings (SSSR count). The van der Waals surface area contributed by atoms with Crippen LogP contribution < -0.4 is 16.8 Å². The van der Waals surface area contributed by atoms with Gasteiger partial charge in [-0.25, -0.2) is 4.99 Å². The van der Waals surface area contributed by atoms with Gasteiger partial charge < -0.3 is 21.7 Å². The van der Waals surface area contributed by atoms with Gasteiger partial charge in [-0.05, 0) is 50.2 Å². The number of aliphatic imine (C=N–C) groups is 1. The normalized spacial score (nSPS) is 12.9. The van der Waals surface area contributed by atoms with Crippen molar-refractivity contribution in [3.63, 3.8) is 0 Å². The molecule has 1 aliphatic heterocycles. The number of benzene rings is 2. The Morgan fingerprint density at radius 1 is 1.17 bits per heavy atom. The third kappa shape index (κ3) is 5.12. The number of amides is 2. The van der Waals surface area contributed by atoms with E-state index in [1.807, 2.05) is 43.3 Å². The maximum atomic E-state index is 13.0. The zero-order valence-electron chi connectivity index (χ0n) is 17.1. The lowest BCUT2D eigenvalue weighted by molar-refractivity contribution is -0.126. The van der Waals surface area contributed by atoms with Crippen molar-refractivity contribution in [3.8, 4) is 0 Å². The van der Waals surface area contributed by atoms with Gasteiger partial charge in [-0.2, -0.15) is 0 Å². The number of para-hydroxylation sites is 1. The summed E-state index contributed by atoms with van der Waals surface area (Å²) in [7, 11) is 0. The van der Waals surface area contributed by atoms with Gasteiger partial charge in [-0.15, -0.1) is 0 Å². The standard InChI is InChI=1S/C23H27N5O2/c1-2-28(12-6-11-24)23(30)18-13-16-9-10-17(14-20(16)27-21(25)15-18)22(29)26-19-7-4-3-5-8-19/h3-5,7-10,13-14H,2,6,11-12,15,24H2,1H3,(H2,25,27)(H,26,29). The third-order valence-corrected chi connectivity index (χ3v) is 4.87. The van der Waals surface area contributed by atoms with Gasteiger partial charge in [0.05, 0.1) is 5.69 Å². The second kappa shape index (κ2) is 9.84. The average molecular weight is 406 g/mol. The van der Waals surface area contributed by atoms with Crippen molar-refractivity contribution in [3.05, 3.63) is 65.2 Å². The Bertz CT molecular complexity index is 982. The Balaban J connectivity index is 1.86. The minimum atomic E-state index is -0.235. The molecule has 7 heteroatoms. The molecule has 0 bridgehead atoms. The summed E-state index contributed by atoms with van der Waals surface area (Å²) in [6, 6.07) is 14.4. The number of carbonyl (C=O) groups is 2. The van der Waals surface area contributed by atoms with Crippen molar-refractivity contribution in [2.75, 3.05) is 25.0 Å². The van der Waals surface area contributed by atoms with Gasteiger partial charge in [0.1, 0.15) is 5.84 Å². The number of rotatable bonds is 7. The first-order valence-electron chi connectivity index (χ1n) is 10.0. The summed E-state index contributed by atoms with van der Waals surface area (Å²) in [5.74, 6) is 0.0351. The predicted molar refractivity (Wildman–Crippen MR) is 121 cm³/mol. The molecule has 1 aliphatic rings. The largest absolute Gasteiger partial charge is 0.387 e. The van der Waals surface area contributed by atoms with Crippen LogP contribution in [0.4, 0.5) is 11.4 Å². The molecule has 0 atom stereocenters. The van der Waals surface area contributed by atoms with E-state index in [1.54, 1.807) is 23.1 Å². The van der Waals surface area contributed by atoms with Crippen molar-refractivity contribution < 1.29 is 9.59 Å². The Morgan fingerprint density at radius 3 is 2.63 bits per heavy atom. The topological polar surface area (TPSA) is 114 Å². The monoisotopic (exact) mass is 405 g/mol. The summed E-state index contributed by atoms with van der Waals surface area (Å²) < 4.78 is 0. The van der Waals surface area contributed by atoms with Crippen LogP contribution in [-0.2, 0) is 4.79 Å². The van der Waals surface area contributed by atoms with E-state index < -0.39 is 0 Å². The molecule has 0 aromatic heterocycles. The van der Waals surface area contributed by atoms with Crippen molar-refractivity contribution in [1.82, 2.24) is 4.90 Å². The van der Waals surface area contributed by atoms with Gasteiger partial charge in [0, 0.05) is 41.9 Å². The molecule has 0 unspecified atom stereocenters. The number of fused-ring (bicyclic) bond motifs is 1. The lowest BCUT2D eigenvalue weighted by Crippen LogP contribution is -2.34. The maximum absolute atomic E-state index is 13.0. The summed E-state index contributed by atoms with van der Waals surface area (Å²) in [4.78, 5) is 31.8. The Hall–Kier alpha value is -3.45. The number of nitrogens with zero attached hydrogens (tertiary/aromatic N) is 2. The summed E-state index contributed by atoms with van der Waals surface area (Å²) >= 11 is 0. The van der Waals surface area contributed by atoms with Crippen LogP contribution >= 0.6 is 0 Å². The smallest absolute Gasteiger partial charge is 0.255 e. The predicted octanol–water partition coefficient (Wildman–Crippen LogP) is 2.91. The Kier molecular flexibility index (Phi) is 6.98. The van der Waals surface area contributed by atoms with Crippen LogP contribution in [0, 0.1) is 0 Å². The summed E-state index contributed by atoms with van der Waals surface area (Å²) in [6.07, 6.45) is 2.82. The van der Waals surface area contributed by atoms with Crippen molar-refractivity contribution in [2.45, 2.75) is 19.8 Å². The van der Waals surface area contributed by atoms with Crippen LogP contribution in [0.25, 0.3) is 6.08 Å². The maximum Gasteiger partial charge on any atom is 0.255 e. The molecule has 0 radical (unpaired) electrons. The number of nitrogens with two attached hydrogens (primary N) is 2. The molecular weight excluding hydrogens is 378 g/mol. The fourth-order valence-electron chi connectivity index (χ4n) is 3.28. The van der Waals surface area contributed by atoms with E-state index in [0.717, 1.165) is 12.0 Å². The lowest BCUT2D eigenvalue weighted by atomic mass is 10.0. The van der Waals surface area contributed by atoms with Gasteiger partial charge in [0.25, 0.3) is 5.91 Å². The van der Waals surface area contributed by atoms with E-state index in [0.29, 0.717) is 48.0 Å². The van der Waals surface area contributed by atoms with Crippen LogP contribution in [0.1, 0.15) is 35.7 Å². The fraction of sp³-hybridized carbons (Fsp3) is 0.261. The highest BCUT2D eigenvalue weighted by Crippen LogP contribution is 2.28. The van der Waals surface area contributed by atoms with E-state index >= 15 is 0 Å². The quantitative estimate of drug-likeness (QED) is 0.657. The van der Waals surface area contributed by atoms with Gasteiger partial charge in [0.2, 0.25) is 5.91 Å². The van der Waals surface area contributed by atoms with Gasteiger partial charge >= 0.3 is 0 Å². The summed E-state index contributed by atoms with van der Waals surface area (Å²) in [5, 5.41) is 2.86. The Labute approximate surface area is 176 Å². The number of likely N-dealkylation sites (N-methyl/N-ethyl adjacent to an activating group) is 1. The molecule has 156 valence electrons. The summed E-state index contributed by atoms with van der Waals surface area (Å²) in [6.45, 7) is 3.67. The minimum absolute atomic E-state index is 0.0668. The van der Waals surface area contributed by atoms with E-state index in [1.165, 1.54) is 0 Å². The van der Waals surface area contributed by atoms with Gasteiger partial charge in [-0.1, -0.05) is 24.3 Å². The molecule has 0 fully saturated rings. The first kappa shape index (κ1) is 21.3. The molecule has 7 nitrogen and oxygen atoms in total. The van der Waals surface area contributed by atoms with Crippen LogP contribution in [0.15, 0.2) is 59.1 Å². The van der Waals surface area contributed by atoms with Gasteiger partial charge in [0.15, 0.2) is 0 Å². The molecule has 30 heavy (non-hydrogen) atoms. The number of hydrogen-bond donors (Lipinski definition) is 3. The van der Waals surface area contributed by atoms with Crippen LogP contribution in [0.3, 0.4) is 0 Å². The number of amidine groups is 1. The molecule has 5 N–H and O–H groups in total. The number of carbonyl (C=O) groups excluding carboxylic acids is 2. The Morgan fingerprint density at radius 2 is 1.93 bits per heavy atom. The van der Waals surface area contributed by atoms with E-state index in [2.05, 4.69) is 10.3 Å². The number of nitrogens with one attached hydrogen (secondary N) is 1. The highest BCUT2D eigenvalue weighted by atomic mass is 16.2. The van der Waals surface area contributed by atoms with E-state index in [-0.39, 0.29) is 18.2 Å². The second-order valence-corrected chi connectivity index (χ2v) is 7.07. The second-order valence-electron chi connectivity index (χ2n) is 7.07. The first-order valence-corrected chi connectivity index (χ1v) is 10.0. The highest BCUT2D eigenvalue weighted by Gasteiger charge is 2.21. The molecule has 2 aromatic rings. The SMILES string of the molecule is CCN(CCCN)C(=O)C1=Cc2ccc(C(=O)Nc3ccccc3)cc2N=C(N)C1. The van der Waals surface area contributed by atoms with Crippen LogP contribution in [0.5, 0.6) is 0 Å². The number of hydrogen-bond acceptors (Lipinski definition) is 5. The first-order chi connectivity index (χ1) is 14.5. The minimum Gasteiger partial charge on any atom is -0.387 e. The van der Waals surface area contributed by atoms with E-state index in [4.69, 9.17) is 11.5 Å². The van der Waals surface area contributed by atoms with E-state index in [9.17, 15) is 9.59 Å². The van der Waals surface area contributed by atoms with Crippen LogP contribution in [-0.4, -0.2) is 42.2 Å².